The summed E-state index contributed by atoms with van der Waals surface area (Å²) in [6, 6.07) is 67.3. The van der Waals surface area contributed by atoms with E-state index in [1.54, 1.807) is 0 Å². The molecule has 0 bridgehead atoms. The quantitative estimate of drug-likeness (QED) is 0.171. The van der Waals surface area contributed by atoms with E-state index >= 15 is 0 Å². The summed E-state index contributed by atoms with van der Waals surface area (Å²) >= 11 is 1.90. The minimum absolute atomic E-state index is 0.161. The summed E-state index contributed by atoms with van der Waals surface area (Å²) in [6.07, 6.45) is 0. The summed E-state index contributed by atoms with van der Waals surface area (Å²) in [5.41, 5.74) is 16.1. The molecule has 264 valence electrons. The average Bonchev–Trinajstić information content (AvgIpc) is 3.96. The summed E-state index contributed by atoms with van der Waals surface area (Å²) in [5.74, 6) is 0. The van der Waals surface area contributed by atoms with Gasteiger partial charge in [0, 0.05) is 48.4 Å². The van der Waals surface area contributed by atoms with Crippen LogP contribution in [0.5, 0.6) is 0 Å². The summed E-state index contributed by atoms with van der Waals surface area (Å²) in [7, 11) is 0. The maximum atomic E-state index is 2.51. The molecule has 0 spiro atoms. The van der Waals surface area contributed by atoms with E-state index in [0.717, 1.165) is 11.4 Å². The van der Waals surface area contributed by atoms with Gasteiger partial charge in [0.25, 0.3) is 0 Å². The SMILES string of the molecule is CC1(C)c2ccccc2-c2cccc(N(c3ccc(-c4ccc5c(c4)c4cccc6c7c8ccccc8sc7n5c46)cc3)c3cccc(-c4ccccc4)c3)c21. The van der Waals surface area contributed by atoms with E-state index in [1.165, 1.54) is 97.7 Å². The molecule has 0 saturated carbocycles. The van der Waals surface area contributed by atoms with Crippen LogP contribution in [0.1, 0.15) is 25.0 Å². The van der Waals surface area contributed by atoms with E-state index in [4.69, 9.17) is 0 Å². The van der Waals surface area contributed by atoms with Crippen molar-refractivity contribution < 1.29 is 0 Å². The second kappa shape index (κ2) is 11.7. The van der Waals surface area contributed by atoms with Crippen molar-refractivity contribution in [1.29, 1.82) is 0 Å². The summed E-state index contributed by atoms with van der Waals surface area (Å²) < 4.78 is 3.85. The van der Waals surface area contributed by atoms with Crippen molar-refractivity contribution in [3.05, 3.63) is 193 Å². The fourth-order valence-corrected chi connectivity index (χ4v) is 11.0. The van der Waals surface area contributed by atoms with E-state index < -0.39 is 0 Å². The lowest BCUT2D eigenvalue weighted by Crippen LogP contribution is -2.20. The minimum atomic E-state index is -0.161. The molecule has 0 radical (unpaired) electrons. The number of rotatable bonds is 5. The molecule has 0 N–H and O–H groups in total. The molecule has 0 fully saturated rings. The molecule has 56 heavy (non-hydrogen) atoms. The van der Waals surface area contributed by atoms with Crippen LogP contribution in [0, 0.1) is 0 Å². The standard InChI is InChI=1S/C53H36N2S/c1-53(2)45-22-8-6-17-39(45)40-19-12-23-47(50(40)53)54(38-16-10-15-35(31-38)33-13-4-3-5-14-33)37-28-25-34(26-29-37)36-27-30-46-44(32-36)41-20-11-21-43-49-42-18-7-9-24-48(42)56-52(49)55(46)51(41)43/h3-32H,1-2H3. The number of thiophene rings is 1. The fraction of sp³-hybridized carbons (Fsp3) is 0.0566. The summed E-state index contributed by atoms with van der Waals surface area (Å²) in [5, 5.41) is 6.68. The van der Waals surface area contributed by atoms with Crippen molar-refractivity contribution in [3.63, 3.8) is 0 Å². The molecule has 0 amide bonds. The van der Waals surface area contributed by atoms with Crippen LogP contribution in [0.25, 0.3) is 80.9 Å². The molecule has 11 aromatic rings. The highest BCUT2D eigenvalue weighted by Crippen LogP contribution is 2.54. The Morgan fingerprint density at radius 1 is 0.482 bits per heavy atom. The van der Waals surface area contributed by atoms with Crippen molar-refractivity contribution in [2.75, 3.05) is 4.90 Å². The molecule has 3 aromatic heterocycles. The number of hydrogen-bond donors (Lipinski definition) is 0. The molecule has 8 aromatic carbocycles. The topological polar surface area (TPSA) is 7.65 Å². The molecule has 2 nitrogen and oxygen atoms in total. The van der Waals surface area contributed by atoms with Crippen molar-refractivity contribution in [2.24, 2.45) is 0 Å². The second-order valence-electron chi connectivity index (χ2n) is 15.7. The van der Waals surface area contributed by atoms with Gasteiger partial charge in [-0.15, -0.1) is 11.3 Å². The first-order valence-corrected chi connectivity index (χ1v) is 20.3. The lowest BCUT2D eigenvalue weighted by atomic mass is 9.81. The number of benzene rings is 8. The van der Waals surface area contributed by atoms with Crippen LogP contribution in [0.3, 0.4) is 0 Å². The Bertz CT molecular complexity index is 3330. The normalized spacial score (nSPS) is 13.3. The van der Waals surface area contributed by atoms with Gasteiger partial charge in [-0.1, -0.05) is 147 Å². The minimum Gasteiger partial charge on any atom is -0.310 e. The third-order valence-corrected chi connectivity index (χ3v) is 13.5. The van der Waals surface area contributed by atoms with E-state index in [-0.39, 0.29) is 5.41 Å². The first-order chi connectivity index (χ1) is 27.5. The zero-order valence-corrected chi connectivity index (χ0v) is 31.9. The maximum absolute atomic E-state index is 2.51. The van der Waals surface area contributed by atoms with Crippen LogP contribution in [-0.4, -0.2) is 4.40 Å². The molecule has 0 unspecified atom stereocenters. The first-order valence-electron chi connectivity index (χ1n) is 19.4. The van der Waals surface area contributed by atoms with Crippen molar-refractivity contribution in [2.45, 2.75) is 19.3 Å². The van der Waals surface area contributed by atoms with Gasteiger partial charge in [0.1, 0.15) is 4.83 Å². The Kier molecular flexibility index (Phi) is 6.59. The van der Waals surface area contributed by atoms with Gasteiger partial charge in [-0.3, -0.25) is 4.40 Å². The molecule has 3 heteroatoms. The Balaban J connectivity index is 1.01. The van der Waals surface area contributed by atoms with E-state index in [1.807, 2.05) is 11.3 Å². The summed E-state index contributed by atoms with van der Waals surface area (Å²) in [4.78, 5) is 3.80. The average molecular weight is 733 g/mol. The largest absolute Gasteiger partial charge is 0.310 e. The number of fused-ring (bicyclic) bond motifs is 11. The third kappa shape index (κ3) is 4.38. The first kappa shape index (κ1) is 31.6. The van der Waals surface area contributed by atoms with Crippen molar-refractivity contribution >= 4 is 75.9 Å². The number of nitrogens with zero attached hydrogens (tertiary/aromatic N) is 2. The van der Waals surface area contributed by atoms with Gasteiger partial charge in [0.15, 0.2) is 0 Å². The fourth-order valence-electron chi connectivity index (χ4n) is 9.80. The van der Waals surface area contributed by atoms with Gasteiger partial charge < -0.3 is 4.90 Å². The molecule has 1 aliphatic rings. The van der Waals surface area contributed by atoms with E-state index in [0.29, 0.717) is 0 Å². The van der Waals surface area contributed by atoms with Crippen molar-refractivity contribution in [1.82, 2.24) is 4.40 Å². The molecule has 0 atom stereocenters. The van der Waals surface area contributed by atoms with Crippen LogP contribution in [0.4, 0.5) is 17.1 Å². The molecule has 0 aliphatic heterocycles. The van der Waals surface area contributed by atoms with Crippen LogP contribution < -0.4 is 4.90 Å². The second-order valence-corrected chi connectivity index (χ2v) is 16.7. The predicted molar refractivity (Wildman–Crippen MR) is 240 cm³/mol. The highest BCUT2D eigenvalue weighted by molar-refractivity contribution is 7.25. The Labute approximate surface area is 329 Å². The lowest BCUT2D eigenvalue weighted by Gasteiger charge is -2.32. The van der Waals surface area contributed by atoms with Gasteiger partial charge in [0.05, 0.1) is 16.7 Å². The molecule has 12 rings (SSSR count). The van der Waals surface area contributed by atoms with Gasteiger partial charge in [-0.2, -0.15) is 0 Å². The van der Waals surface area contributed by atoms with E-state index in [2.05, 4.69) is 205 Å². The van der Waals surface area contributed by atoms with Gasteiger partial charge in [0.2, 0.25) is 0 Å². The van der Waals surface area contributed by atoms with E-state index in [9.17, 15) is 0 Å². The zero-order valence-electron chi connectivity index (χ0n) is 31.1. The lowest BCUT2D eigenvalue weighted by molar-refractivity contribution is 0.661. The Hall–Kier alpha value is -6.68. The highest BCUT2D eigenvalue weighted by atomic mass is 32.1. The van der Waals surface area contributed by atoms with Crippen LogP contribution in [0.2, 0.25) is 0 Å². The van der Waals surface area contributed by atoms with Crippen LogP contribution in [0.15, 0.2) is 182 Å². The molecule has 3 heterocycles. The zero-order chi connectivity index (χ0) is 37.1. The highest BCUT2D eigenvalue weighted by Gasteiger charge is 2.38. The van der Waals surface area contributed by atoms with Gasteiger partial charge in [-0.05, 0) is 93.0 Å². The van der Waals surface area contributed by atoms with Crippen LogP contribution >= 0.6 is 11.3 Å². The maximum Gasteiger partial charge on any atom is 0.109 e. The van der Waals surface area contributed by atoms with Gasteiger partial charge >= 0.3 is 0 Å². The number of hydrogen-bond acceptors (Lipinski definition) is 2. The van der Waals surface area contributed by atoms with Crippen molar-refractivity contribution in [3.8, 4) is 33.4 Å². The Morgan fingerprint density at radius 3 is 2.04 bits per heavy atom. The molecule has 1 aliphatic carbocycles. The predicted octanol–water partition coefficient (Wildman–Crippen LogP) is 15.2. The molecular weight excluding hydrogens is 697 g/mol. The monoisotopic (exact) mass is 732 g/mol. The van der Waals surface area contributed by atoms with Gasteiger partial charge in [-0.25, -0.2) is 0 Å². The van der Waals surface area contributed by atoms with Crippen LogP contribution in [-0.2, 0) is 5.41 Å². The molecule has 0 saturated heterocycles. The number of aromatic nitrogens is 1. The number of para-hydroxylation sites is 1. The summed E-state index contributed by atoms with van der Waals surface area (Å²) in [6.45, 7) is 4.75. The Morgan fingerprint density at radius 2 is 1.14 bits per heavy atom. The smallest absolute Gasteiger partial charge is 0.109 e. The number of anilines is 3. The third-order valence-electron chi connectivity index (χ3n) is 12.3. The molecular formula is C53H36N2S.